The number of hydrogen-bond acceptors (Lipinski definition) is 2. The molecule has 0 aromatic heterocycles. The minimum Gasteiger partial charge on any atom is -0.371 e. The van der Waals surface area contributed by atoms with E-state index < -0.39 is 0 Å². The Hall–Kier alpha value is -0.540. The van der Waals surface area contributed by atoms with Gasteiger partial charge in [-0.25, -0.2) is 0 Å². The number of nitrogens with one attached hydrogen (secondary N) is 1. The van der Waals surface area contributed by atoms with Crippen molar-refractivity contribution in [1.29, 1.82) is 0 Å². The Kier molecular flexibility index (Phi) is 4.67. The second kappa shape index (κ2) is 6.48. The van der Waals surface area contributed by atoms with Crippen molar-refractivity contribution in [3.63, 3.8) is 0 Å². The molecule has 0 unspecified atom stereocenters. The first-order valence-corrected chi connectivity index (χ1v) is 8.82. The standard InChI is InChI=1S/C17H25BrN2/c1-2-20(12-13-4-3-5-13)17-9-6-15(18)10-14(17)11-19-16-7-8-16/h6,9-10,13,16,19H,2-5,7-8,11-12H2,1H3. The zero-order valence-electron chi connectivity index (χ0n) is 12.4. The minimum absolute atomic E-state index is 0.767. The van der Waals surface area contributed by atoms with E-state index >= 15 is 0 Å². The Labute approximate surface area is 131 Å². The van der Waals surface area contributed by atoms with Crippen LogP contribution < -0.4 is 10.2 Å². The van der Waals surface area contributed by atoms with Gasteiger partial charge in [0.1, 0.15) is 0 Å². The van der Waals surface area contributed by atoms with Gasteiger partial charge in [-0.1, -0.05) is 22.4 Å². The van der Waals surface area contributed by atoms with Crippen molar-refractivity contribution in [3.8, 4) is 0 Å². The molecule has 0 radical (unpaired) electrons. The molecule has 3 rings (SSSR count). The summed E-state index contributed by atoms with van der Waals surface area (Å²) in [6, 6.07) is 7.52. The maximum atomic E-state index is 3.65. The van der Waals surface area contributed by atoms with Gasteiger partial charge in [-0.2, -0.15) is 0 Å². The van der Waals surface area contributed by atoms with Crippen LogP contribution in [0.25, 0.3) is 0 Å². The van der Waals surface area contributed by atoms with E-state index in [1.54, 1.807) is 0 Å². The van der Waals surface area contributed by atoms with Crippen molar-refractivity contribution in [3.05, 3.63) is 28.2 Å². The van der Waals surface area contributed by atoms with Crippen LogP contribution in [0.5, 0.6) is 0 Å². The molecule has 0 atom stereocenters. The molecule has 0 spiro atoms. The van der Waals surface area contributed by atoms with Crippen LogP contribution >= 0.6 is 15.9 Å². The normalized spacial score (nSPS) is 18.9. The Balaban J connectivity index is 1.73. The predicted molar refractivity (Wildman–Crippen MR) is 89.2 cm³/mol. The predicted octanol–water partition coefficient (Wildman–Crippen LogP) is 4.33. The van der Waals surface area contributed by atoms with Gasteiger partial charge in [-0.3, -0.25) is 0 Å². The topological polar surface area (TPSA) is 15.3 Å². The van der Waals surface area contributed by atoms with E-state index in [4.69, 9.17) is 0 Å². The van der Waals surface area contributed by atoms with E-state index in [-0.39, 0.29) is 0 Å². The number of rotatable bonds is 7. The average molecular weight is 337 g/mol. The third-order valence-corrected chi connectivity index (χ3v) is 5.12. The summed E-state index contributed by atoms with van der Waals surface area (Å²) in [7, 11) is 0. The number of benzene rings is 1. The molecule has 0 bridgehead atoms. The maximum Gasteiger partial charge on any atom is 0.0412 e. The molecule has 0 saturated heterocycles. The van der Waals surface area contributed by atoms with Gasteiger partial charge in [0.2, 0.25) is 0 Å². The summed E-state index contributed by atoms with van der Waals surface area (Å²) >= 11 is 3.62. The monoisotopic (exact) mass is 336 g/mol. The highest BCUT2D eigenvalue weighted by atomic mass is 79.9. The first-order valence-electron chi connectivity index (χ1n) is 8.03. The second-order valence-electron chi connectivity index (χ2n) is 6.26. The number of anilines is 1. The van der Waals surface area contributed by atoms with Crippen LogP contribution in [0, 0.1) is 5.92 Å². The molecule has 2 fully saturated rings. The fourth-order valence-corrected chi connectivity index (χ4v) is 3.34. The summed E-state index contributed by atoms with van der Waals surface area (Å²) in [6.45, 7) is 5.61. The van der Waals surface area contributed by atoms with Crippen LogP contribution in [0.1, 0.15) is 44.6 Å². The maximum absolute atomic E-state index is 3.65. The van der Waals surface area contributed by atoms with Gasteiger partial charge in [-0.05, 0) is 62.3 Å². The molecule has 0 amide bonds. The average Bonchev–Trinajstić information content (AvgIpc) is 3.20. The molecule has 2 nitrogen and oxygen atoms in total. The summed E-state index contributed by atoms with van der Waals surface area (Å²) in [5.41, 5.74) is 2.86. The van der Waals surface area contributed by atoms with E-state index in [2.05, 4.69) is 51.3 Å². The fraction of sp³-hybridized carbons (Fsp3) is 0.647. The summed E-state index contributed by atoms with van der Waals surface area (Å²) < 4.78 is 1.19. The lowest BCUT2D eigenvalue weighted by atomic mass is 9.85. The highest BCUT2D eigenvalue weighted by molar-refractivity contribution is 9.10. The summed E-state index contributed by atoms with van der Waals surface area (Å²) in [6.07, 6.45) is 6.97. The van der Waals surface area contributed by atoms with Crippen molar-refractivity contribution in [2.45, 2.75) is 51.6 Å². The molecule has 1 aromatic rings. The van der Waals surface area contributed by atoms with Gasteiger partial charge in [0.25, 0.3) is 0 Å². The van der Waals surface area contributed by atoms with Crippen molar-refractivity contribution in [1.82, 2.24) is 5.32 Å². The second-order valence-corrected chi connectivity index (χ2v) is 7.18. The third-order valence-electron chi connectivity index (χ3n) is 4.63. The molecule has 3 heteroatoms. The van der Waals surface area contributed by atoms with Crippen molar-refractivity contribution < 1.29 is 0 Å². The van der Waals surface area contributed by atoms with Gasteiger partial charge in [-0.15, -0.1) is 0 Å². The molecule has 2 saturated carbocycles. The number of halogens is 1. The minimum atomic E-state index is 0.767. The van der Waals surface area contributed by atoms with Gasteiger partial charge < -0.3 is 10.2 Å². The zero-order chi connectivity index (χ0) is 13.9. The van der Waals surface area contributed by atoms with Crippen molar-refractivity contribution >= 4 is 21.6 Å². The highest BCUT2D eigenvalue weighted by Gasteiger charge is 2.23. The summed E-state index contributed by atoms with van der Waals surface area (Å²) in [5, 5.41) is 3.65. The Morgan fingerprint density at radius 2 is 2.05 bits per heavy atom. The number of hydrogen-bond donors (Lipinski definition) is 1. The molecule has 2 aliphatic carbocycles. The lowest BCUT2D eigenvalue weighted by molar-refractivity contribution is 0.318. The molecule has 20 heavy (non-hydrogen) atoms. The van der Waals surface area contributed by atoms with Crippen LogP contribution in [-0.4, -0.2) is 19.1 Å². The molecule has 1 aromatic carbocycles. The number of nitrogens with zero attached hydrogens (tertiary/aromatic N) is 1. The largest absolute Gasteiger partial charge is 0.371 e. The fourth-order valence-electron chi connectivity index (χ4n) is 2.93. The molecule has 0 aliphatic heterocycles. The summed E-state index contributed by atoms with van der Waals surface area (Å²) in [5.74, 6) is 0.919. The lowest BCUT2D eigenvalue weighted by Crippen LogP contribution is -2.33. The van der Waals surface area contributed by atoms with Crippen LogP contribution in [0.2, 0.25) is 0 Å². The van der Waals surface area contributed by atoms with Gasteiger partial charge in [0.15, 0.2) is 0 Å². The van der Waals surface area contributed by atoms with E-state index in [1.165, 1.54) is 54.4 Å². The first-order chi connectivity index (χ1) is 9.76. The van der Waals surface area contributed by atoms with Crippen LogP contribution in [0.15, 0.2) is 22.7 Å². The van der Waals surface area contributed by atoms with Crippen molar-refractivity contribution in [2.75, 3.05) is 18.0 Å². The SMILES string of the molecule is CCN(CC1CCC1)c1ccc(Br)cc1CNC1CC1. The molecular formula is C17H25BrN2. The van der Waals surface area contributed by atoms with E-state index in [9.17, 15) is 0 Å². The van der Waals surface area contributed by atoms with Gasteiger partial charge in [0, 0.05) is 35.8 Å². The van der Waals surface area contributed by atoms with Gasteiger partial charge >= 0.3 is 0 Å². The zero-order valence-corrected chi connectivity index (χ0v) is 14.0. The Morgan fingerprint density at radius 3 is 2.65 bits per heavy atom. The highest BCUT2D eigenvalue weighted by Crippen LogP contribution is 2.31. The van der Waals surface area contributed by atoms with Crippen LogP contribution in [0.3, 0.4) is 0 Å². The quantitative estimate of drug-likeness (QED) is 0.797. The smallest absolute Gasteiger partial charge is 0.0412 e. The molecule has 0 heterocycles. The Morgan fingerprint density at radius 1 is 1.25 bits per heavy atom. The summed E-state index contributed by atoms with van der Waals surface area (Å²) in [4.78, 5) is 2.57. The molecule has 1 N–H and O–H groups in total. The Bertz CT molecular complexity index is 452. The first kappa shape index (κ1) is 14.4. The van der Waals surface area contributed by atoms with E-state index in [0.717, 1.165) is 25.0 Å². The molecule has 2 aliphatic rings. The van der Waals surface area contributed by atoms with Gasteiger partial charge in [0.05, 0.1) is 0 Å². The van der Waals surface area contributed by atoms with Crippen LogP contribution in [-0.2, 0) is 6.54 Å². The van der Waals surface area contributed by atoms with Crippen LogP contribution in [0.4, 0.5) is 5.69 Å². The molecular weight excluding hydrogens is 312 g/mol. The van der Waals surface area contributed by atoms with Crippen molar-refractivity contribution in [2.24, 2.45) is 5.92 Å². The molecule has 110 valence electrons. The lowest BCUT2D eigenvalue weighted by Gasteiger charge is -2.34. The van der Waals surface area contributed by atoms with E-state index in [1.807, 2.05) is 0 Å². The van der Waals surface area contributed by atoms with E-state index in [0.29, 0.717) is 0 Å². The third kappa shape index (κ3) is 3.56.